The fraction of sp³-hybridized carbons (Fsp3) is 0.529. The van der Waals surface area contributed by atoms with Gasteiger partial charge in [0.25, 0.3) is 0 Å². The summed E-state index contributed by atoms with van der Waals surface area (Å²) >= 11 is 0. The molecule has 1 aromatic carbocycles. The number of ketones is 1. The van der Waals surface area contributed by atoms with Crippen LogP contribution in [0.2, 0.25) is 0 Å². The normalized spacial score (nSPS) is 24.6. The smallest absolute Gasteiger partial charge is 0.317 e. The van der Waals surface area contributed by atoms with Gasteiger partial charge in [-0.2, -0.15) is 4.98 Å². The quantitative estimate of drug-likeness (QED) is 0.248. The standard InChI is InChI=1S/C34H42N4O8S/c1-6-22-18-34(22,31(42)37-47(43,44)24-12-13-24)19-28(39)27-16-23(20-38(27)30(41)25(33(2,3)4)17-29(40)45-5)46-32-35-15-14-26(36-32)21-10-8-7-9-11-21/h6-11,14-15,22-25,27H,1,12-13,16-20H2,2-5H3,(H,37,42)/t22?,23-,25-,27+,34-/m1/s1. The molecule has 2 saturated carbocycles. The summed E-state index contributed by atoms with van der Waals surface area (Å²) in [5, 5.41) is -0.604. The molecule has 1 saturated heterocycles. The third kappa shape index (κ3) is 7.55. The van der Waals surface area contributed by atoms with Crippen molar-refractivity contribution in [3.63, 3.8) is 0 Å². The van der Waals surface area contributed by atoms with Crippen molar-refractivity contribution in [2.45, 2.75) is 76.7 Å². The van der Waals surface area contributed by atoms with Gasteiger partial charge in [-0.15, -0.1) is 6.58 Å². The summed E-state index contributed by atoms with van der Waals surface area (Å²) in [7, 11) is -2.58. The zero-order valence-corrected chi connectivity index (χ0v) is 28.0. The molecule has 1 unspecified atom stereocenters. The number of rotatable bonds is 13. The number of benzene rings is 1. The second kappa shape index (κ2) is 13.2. The molecular weight excluding hydrogens is 624 g/mol. The third-order valence-corrected chi connectivity index (χ3v) is 11.2. The van der Waals surface area contributed by atoms with Crippen LogP contribution in [-0.4, -0.2) is 77.9 Å². The monoisotopic (exact) mass is 666 g/mol. The van der Waals surface area contributed by atoms with Crippen LogP contribution in [0.15, 0.2) is 55.3 Å². The SMILES string of the molecule is C=CC1C[C@]1(CC(=O)[C@@H]1C[C@@H](Oc2nccc(-c3ccccc3)n2)CN1C(=O)[C@@H](CC(=O)OC)C(C)(C)C)C(=O)NS(=O)(=O)C1CC1. The summed E-state index contributed by atoms with van der Waals surface area (Å²) in [5.41, 5.74) is -0.441. The number of nitrogens with zero attached hydrogens (tertiary/aromatic N) is 3. The van der Waals surface area contributed by atoms with Crippen molar-refractivity contribution in [3.8, 4) is 17.3 Å². The molecule has 12 nitrogen and oxygen atoms in total. The van der Waals surface area contributed by atoms with Crippen LogP contribution in [-0.2, 0) is 33.9 Å². The molecule has 2 aliphatic carbocycles. The minimum Gasteiger partial charge on any atom is -0.469 e. The van der Waals surface area contributed by atoms with Gasteiger partial charge in [0.15, 0.2) is 5.78 Å². The number of carbonyl (C=O) groups is 4. The summed E-state index contributed by atoms with van der Waals surface area (Å²) in [6.07, 6.45) is 3.31. The molecule has 1 aliphatic heterocycles. The number of aromatic nitrogens is 2. The number of ether oxygens (including phenoxy) is 2. The molecule has 0 radical (unpaired) electrons. The molecule has 1 aromatic heterocycles. The first kappa shape index (κ1) is 34.2. The predicted molar refractivity (Wildman–Crippen MR) is 172 cm³/mol. The van der Waals surface area contributed by atoms with E-state index >= 15 is 0 Å². The van der Waals surface area contributed by atoms with Crippen LogP contribution < -0.4 is 9.46 Å². The summed E-state index contributed by atoms with van der Waals surface area (Å²) in [4.78, 5) is 64.3. The maximum absolute atomic E-state index is 14.2. The average Bonchev–Trinajstić information content (AvgIpc) is 3.96. The number of methoxy groups -OCH3 is 1. The number of hydrogen-bond donors (Lipinski definition) is 1. The molecule has 2 aromatic rings. The van der Waals surface area contributed by atoms with Gasteiger partial charge in [0.2, 0.25) is 21.8 Å². The Balaban J connectivity index is 1.41. The second-order valence-electron chi connectivity index (χ2n) is 13.8. The molecule has 2 heterocycles. The first-order chi connectivity index (χ1) is 22.2. The molecule has 13 heteroatoms. The van der Waals surface area contributed by atoms with Crippen LogP contribution in [0.4, 0.5) is 0 Å². The lowest BCUT2D eigenvalue weighted by Crippen LogP contribution is -2.48. The molecule has 3 fully saturated rings. The number of carbonyl (C=O) groups excluding carboxylic acids is 4. The van der Waals surface area contributed by atoms with Crippen molar-refractivity contribution in [3.05, 3.63) is 55.3 Å². The number of likely N-dealkylation sites (tertiary alicyclic amines) is 1. The number of Topliss-reactive ketones (excluding diaryl/α,β-unsaturated/α-hetero) is 1. The van der Waals surface area contributed by atoms with E-state index in [-0.39, 0.29) is 38.2 Å². The molecular formula is C34H42N4O8S. The van der Waals surface area contributed by atoms with Crippen LogP contribution in [0.3, 0.4) is 0 Å². The molecule has 3 aliphatic rings. The highest BCUT2D eigenvalue weighted by Gasteiger charge is 2.61. The average molecular weight is 667 g/mol. The van der Waals surface area contributed by atoms with E-state index in [0.717, 1.165) is 5.56 Å². The molecule has 252 valence electrons. The van der Waals surface area contributed by atoms with Crippen molar-refractivity contribution in [2.24, 2.45) is 22.7 Å². The van der Waals surface area contributed by atoms with Gasteiger partial charge in [0.05, 0.1) is 48.4 Å². The first-order valence-electron chi connectivity index (χ1n) is 15.8. The number of esters is 1. The molecule has 2 amide bonds. The van der Waals surface area contributed by atoms with Crippen molar-refractivity contribution >= 4 is 33.6 Å². The van der Waals surface area contributed by atoms with Crippen molar-refractivity contribution in [1.82, 2.24) is 19.6 Å². The van der Waals surface area contributed by atoms with Crippen LogP contribution in [0.25, 0.3) is 11.3 Å². The van der Waals surface area contributed by atoms with E-state index in [2.05, 4.69) is 21.3 Å². The second-order valence-corrected chi connectivity index (χ2v) is 15.8. The molecule has 5 atom stereocenters. The van der Waals surface area contributed by atoms with Gasteiger partial charge < -0.3 is 14.4 Å². The van der Waals surface area contributed by atoms with E-state index in [1.54, 1.807) is 18.3 Å². The highest BCUT2D eigenvalue weighted by molar-refractivity contribution is 7.90. The van der Waals surface area contributed by atoms with Crippen molar-refractivity contribution < 1.29 is 37.1 Å². The number of allylic oxidation sites excluding steroid dienone is 1. The van der Waals surface area contributed by atoms with Crippen molar-refractivity contribution in [1.29, 1.82) is 0 Å². The number of amides is 2. The predicted octanol–water partition coefficient (Wildman–Crippen LogP) is 3.48. The van der Waals surface area contributed by atoms with Gasteiger partial charge in [-0.25, -0.2) is 13.4 Å². The van der Waals surface area contributed by atoms with E-state index in [0.29, 0.717) is 18.5 Å². The lowest BCUT2D eigenvalue weighted by molar-refractivity contribution is -0.151. The summed E-state index contributed by atoms with van der Waals surface area (Å²) < 4.78 is 38.5. The van der Waals surface area contributed by atoms with E-state index < -0.39 is 73.7 Å². The Labute approximate surface area is 275 Å². The zero-order chi connectivity index (χ0) is 34.1. The Kier molecular flexibility index (Phi) is 9.59. The Hall–Kier alpha value is -4.13. The third-order valence-electron chi connectivity index (χ3n) is 9.39. The highest BCUT2D eigenvalue weighted by atomic mass is 32.2. The van der Waals surface area contributed by atoms with Crippen LogP contribution in [0, 0.1) is 22.7 Å². The summed E-state index contributed by atoms with van der Waals surface area (Å²) in [6, 6.07) is 10.3. The van der Waals surface area contributed by atoms with Gasteiger partial charge in [0.1, 0.15) is 6.10 Å². The summed E-state index contributed by atoms with van der Waals surface area (Å²) in [6.45, 7) is 9.30. The molecule has 0 bridgehead atoms. The Morgan fingerprint density at radius 2 is 1.85 bits per heavy atom. The van der Waals surface area contributed by atoms with E-state index in [1.807, 2.05) is 51.1 Å². The fourth-order valence-electron chi connectivity index (χ4n) is 6.27. The largest absolute Gasteiger partial charge is 0.469 e. The highest BCUT2D eigenvalue weighted by Crippen LogP contribution is 2.57. The van der Waals surface area contributed by atoms with E-state index in [9.17, 15) is 27.6 Å². The summed E-state index contributed by atoms with van der Waals surface area (Å²) in [5.74, 6) is -3.32. The Morgan fingerprint density at radius 3 is 2.45 bits per heavy atom. The van der Waals surface area contributed by atoms with Gasteiger partial charge in [-0.3, -0.25) is 23.9 Å². The lowest BCUT2D eigenvalue weighted by Gasteiger charge is -2.34. The molecule has 1 N–H and O–H groups in total. The minimum atomic E-state index is -3.84. The first-order valence-corrected chi connectivity index (χ1v) is 17.4. The van der Waals surface area contributed by atoms with Crippen molar-refractivity contribution in [2.75, 3.05) is 13.7 Å². The molecule has 5 rings (SSSR count). The maximum atomic E-state index is 14.2. The fourth-order valence-corrected chi connectivity index (χ4v) is 7.66. The maximum Gasteiger partial charge on any atom is 0.317 e. The van der Waals surface area contributed by atoms with Crippen LogP contribution in [0.1, 0.15) is 59.3 Å². The Morgan fingerprint density at radius 1 is 1.15 bits per heavy atom. The zero-order valence-electron chi connectivity index (χ0n) is 27.2. The van der Waals surface area contributed by atoms with Gasteiger partial charge in [0, 0.05) is 24.6 Å². The van der Waals surface area contributed by atoms with Gasteiger partial charge >= 0.3 is 12.0 Å². The molecule has 0 spiro atoms. The minimum absolute atomic E-state index is 0.0159. The Bertz CT molecular complexity index is 1650. The number of hydrogen-bond acceptors (Lipinski definition) is 10. The number of sulfonamides is 1. The van der Waals surface area contributed by atoms with Crippen LogP contribution in [0.5, 0.6) is 6.01 Å². The van der Waals surface area contributed by atoms with Gasteiger partial charge in [-0.1, -0.05) is 57.2 Å². The van der Waals surface area contributed by atoms with Gasteiger partial charge in [-0.05, 0) is 36.7 Å². The lowest BCUT2D eigenvalue weighted by atomic mass is 9.77. The van der Waals surface area contributed by atoms with E-state index in [4.69, 9.17) is 9.47 Å². The molecule has 47 heavy (non-hydrogen) atoms. The van der Waals surface area contributed by atoms with Crippen LogP contribution >= 0.6 is 0 Å². The topological polar surface area (TPSA) is 162 Å². The van der Waals surface area contributed by atoms with E-state index in [1.165, 1.54) is 12.0 Å². The number of nitrogens with one attached hydrogen (secondary N) is 1.